The zero-order chi connectivity index (χ0) is 19.4. The number of benzene rings is 1. The Morgan fingerprint density at radius 3 is 2.62 bits per heavy atom. The lowest BCUT2D eigenvalue weighted by Crippen LogP contribution is -2.07. The first-order valence-corrected chi connectivity index (χ1v) is 8.33. The van der Waals surface area contributed by atoms with Gasteiger partial charge in [0.1, 0.15) is 5.69 Å². The minimum Gasteiger partial charge on any atom is -0.503 e. The van der Waals surface area contributed by atoms with E-state index in [-0.39, 0.29) is 34.6 Å². The smallest absolute Gasteiger partial charge is 0.355 e. The quantitative estimate of drug-likeness (QED) is 0.450. The SMILES string of the molecule is CCOC(=O)c1[nH]c(C)c(C(=O)/C=C/c2cc(Cl)c(O)c(OC)c2)c1C. The molecule has 138 valence electrons. The fraction of sp³-hybridized carbons (Fsp3) is 0.263. The number of ether oxygens (including phenoxy) is 2. The topological polar surface area (TPSA) is 88.6 Å². The van der Waals surface area contributed by atoms with Gasteiger partial charge in [0.2, 0.25) is 0 Å². The Hall–Kier alpha value is -2.73. The molecule has 26 heavy (non-hydrogen) atoms. The molecule has 0 aliphatic rings. The molecule has 0 saturated carbocycles. The van der Waals surface area contributed by atoms with Crippen molar-refractivity contribution in [3.8, 4) is 11.5 Å². The van der Waals surface area contributed by atoms with Gasteiger partial charge in [-0.15, -0.1) is 0 Å². The molecule has 2 rings (SSSR count). The molecule has 1 heterocycles. The molecule has 0 spiro atoms. The third-order valence-corrected chi connectivity index (χ3v) is 4.15. The molecule has 0 radical (unpaired) electrons. The van der Waals surface area contributed by atoms with Crippen LogP contribution in [0.2, 0.25) is 5.02 Å². The van der Waals surface area contributed by atoms with Gasteiger partial charge in [-0.3, -0.25) is 4.79 Å². The summed E-state index contributed by atoms with van der Waals surface area (Å²) < 4.78 is 10.0. The second kappa shape index (κ2) is 8.10. The molecule has 0 bridgehead atoms. The number of rotatable bonds is 6. The van der Waals surface area contributed by atoms with Crippen molar-refractivity contribution in [3.05, 3.63) is 51.3 Å². The van der Waals surface area contributed by atoms with Crippen LogP contribution in [0.25, 0.3) is 6.08 Å². The van der Waals surface area contributed by atoms with E-state index in [0.29, 0.717) is 22.4 Å². The van der Waals surface area contributed by atoms with Crippen molar-refractivity contribution in [2.75, 3.05) is 13.7 Å². The van der Waals surface area contributed by atoms with Gasteiger partial charge in [-0.2, -0.15) is 0 Å². The van der Waals surface area contributed by atoms with Gasteiger partial charge < -0.3 is 19.6 Å². The number of carbonyl (C=O) groups is 2. The normalized spacial score (nSPS) is 11.0. The Morgan fingerprint density at radius 2 is 2.00 bits per heavy atom. The van der Waals surface area contributed by atoms with Crippen molar-refractivity contribution >= 4 is 29.4 Å². The van der Waals surface area contributed by atoms with E-state index in [1.54, 1.807) is 32.9 Å². The zero-order valence-electron chi connectivity index (χ0n) is 15.0. The van der Waals surface area contributed by atoms with Crippen molar-refractivity contribution in [2.24, 2.45) is 0 Å². The summed E-state index contributed by atoms with van der Waals surface area (Å²) in [5, 5.41) is 9.87. The predicted octanol–water partition coefficient (Wildman–Crippen LogP) is 4.07. The van der Waals surface area contributed by atoms with E-state index >= 15 is 0 Å². The molecule has 0 aliphatic heterocycles. The second-order valence-corrected chi connectivity index (χ2v) is 6.00. The van der Waals surface area contributed by atoms with Gasteiger partial charge in [0, 0.05) is 11.3 Å². The van der Waals surface area contributed by atoms with Crippen LogP contribution in [0.15, 0.2) is 18.2 Å². The van der Waals surface area contributed by atoms with Crippen LogP contribution >= 0.6 is 11.6 Å². The van der Waals surface area contributed by atoms with Gasteiger partial charge >= 0.3 is 5.97 Å². The van der Waals surface area contributed by atoms with E-state index in [1.807, 2.05) is 0 Å². The molecule has 2 aromatic rings. The maximum absolute atomic E-state index is 12.6. The summed E-state index contributed by atoms with van der Waals surface area (Å²) in [4.78, 5) is 27.4. The Balaban J connectivity index is 2.32. The maximum Gasteiger partial charge on any atom is 0.355 e. The van der Waals surface area contributed by atoms with Gasteiger partial charge in [-0.05, 0) is 50.1 Å². The van der Waals surface area contributed by atoms with Crippen LogP contribution in [0.1, 0.15) is 44.6 Å². The molecular weight excluding hydrogens is 358 g/mol. The Bertz CT molecular complexity index is 883. The Morgan fingerprint density at radius 1 is 1.31 bits per heavy atom. The summed E-state index contributed by atoms with van der Waals surface area (Å²) in [5.74, 6) is -0.710. The van der Waals surface area contributed by atoms with Crippen LogP contribution in [-0.4, -0.2) is 35.6 Å². The molecule has 1 aromatic carbocycles. The zero-order valence-corrected chi connectivity index (χ0v) is 15.7. The summed E-state index contributed by atoms with van der Waals surface area (Å²) >= 11 is 5.94. The standard InChI is InChI=1S/C19H20ClNO5/c1-5-26-19(24)17-10(2)16(11(3)21-17)14(22)7-6-12-8-13(20)18(23)15(9-12)25-4/h6-9,21,23H,5H2,1-4H3/b7-6+. The third kappa shape index (κ3) is 3.91. The summed E-state index contributed by atoms with van der Waals surface area (Å²) in [6, 6.07) is 3.08. The molecular formula is C19H20ClNO5. The second-order valence-electron chi connectivity index (χ2n) is 5.60. The van der Waals surface area contributed by atoms with Gasteiger partial charge in [0.15, 0.2) is 17.3 Å². The lowest BCUT2D eigenvalue weighted by molar-refractivity contribution is 0.0519. The highest BCUT2D eigenvalue weighted by atomic mass is 35.5. The number of ketones is 1. The lowest BCUT2D eigenvalue weighted by Gasteiger charge is -2.06. The highest BCUT2D eigenvalue weighted by molar-refractivity contribution is 6.32. The summed E-state index contributed by atoms with van der Waals surface area (Å²) in [6.45, 7) is 5.38. The van der Waals surface area contributed by atoms with E-state index < -0.39 is 5.97 Å². The molecule has 0 saturated heterocycles. The lowest BCUT2D eigenvalue weighted by atomic mass is 10.0. The summed E-state index contributed by atoms with van der Waals surface area (Å²) in [7, 11) is 1.41. The van der Waals surface area contributed by atoms with E-state index in [9.17, 15) is 14.7 Å². The number of phenols is 1. The number of esters is 1. The van der Waals surface area contributed by atoms with E-state index in [1.165, 1.54) is 19.3 Å². The molecule has 0 atom stereocenters. The number of aromatic amines is 1. The van der Waals surface area contributed by atoms with Crippen molar-refractivity contribution in [3.63, 3.8) is 0 Å². The number of aromatic hydroxyl groups is 1. The molecule has 1 aromatic heterocycles. The fourth-order valence-electron chi connectivity index (χ4n) is 2.63. The largest absolute Gasteiger partial charge is 0.503 e. The average Bonchev–Trinajstić information content (AvgIpc) is 2.90. The molecule has 7 heteroatoms. The number of hydrogen-bond donors (Lipinski definition) is 2. The third-order valence-electron chi connectivity index (χ3n) is 3.86. The number of aryl methyl sites for hydroxylation is 1. The fourth-order valence-corrected chi connectivity index (χ4v) is 2.85. The van der Waals surface area contributed by atoms with Crippen LogP contribution in [0.5, 0.6) is 11.5 Å². The van der Waals surface area contributed by atoms with E-state index in [4.69, 9.17) is 21.1 Å². The number of nitrogens with one attached hydrogen (secondary N) is 1. The van der Waals surface area contributed by atoms with Crippen LogP contribution in [0, 0.1) is 13.8 Å². The number of H-pyrrole nitrogens is 1. The first-order chi connectivity index (χ1) is 12.3. The molecule has 0 unspecified atom stereocenters. The van der Waals surface area contributed by atoms with Gasteiger partial charge in [0.05, 0.1) is 18.7 Å². The predicted molar refractivity (Wildman–Crippen MR) is 99.3 cm³/mol. The van der Waals surface area contributed by atoms with E-state index in [2.05, 4.69) is 4.98 Å². The first-order valence-electron chi connectivity index (χ1n) is 7.95. The van der Waals surface area contributed by atoms with Crippen LogP contribution < -0.4 is 4.74 Å². The van der Waals surface area contributed by atoms with Crippen molar-refractivity contribution in [1.82, 2.24) is 4.98 Å². The van der Waals surface area contributed by atoms with Gasteiger partial charge in [-0.1, -0.05) is 17.7 Å². The number of allylic oxidation sites excluding steroid dienone is 1. The van der Waals surface area contributed by atoms with Gasteiger partial charge in [0.25, 0.3) is 0 Å². The Kier molecular flexibility index (Phi) is 6.10. The maximum atomic E-state index is 12.6. The number of carbonyl (C=O) groups excluding carboxylic acids is 2. The minimum atomic E-state index is -0.494. The van der Waals surface area contributed by atoms with Gasteiger partial charge in [-0.25, -0.2) is 4.79 Å². The molecule has 0 aliphatic carbocycles. The van der Waals surface area contributed by atoms with Crippen molar-refractivity contribution in [1.29, 1.82) is 0 Å². The molecule has 0 amide bonds. The monoisotopic (exact) mass is 377 g/mol. The van der Waals surface area contributed by atoms with Crippen LogP contribution in [0.3, 0.4) is 0 Å². The van der Waals surface area contributed by atoms with Crippen molar-refractivity contribution < 1.29 is 24.2 Å². The van der Waals surface area contributed by atoms with Crippen LogP contribution in [-0.2, 0) is 4.74 Å². The number of hydrogen-bond acceptors (Lipinski definition) is 5. The Labute approximate surface area is 156 Å². The highest BCUT2D eigenvalue weighted by Gasteiger charge is 2.21. The van der Waals surface area contributed by atoms with Crippen LogP contribution in [0.4, 0.5) is 0 Å². The number of phenolic OH excluding ortho intramolecular Hbond substituents is 1. The molecule has 6 nitrogen and oxygen atoms in total. The highest BCUT2D eigenvalue weighted by Crippen LogP contribution is 2.35. The molecule has 2 N–H and O–H groups in total. The average molecular weight is 378 g/mol. The minimum absolute atomic E-state index is 0.120. The summed E-state index contributed by atoms with van der Waals surface area (Å²) in [6.07, 6.45) is 2.94. The number of halogens is 1. The van der Waals surface area contributed by atoms with Crippen molar-refractivity contribution in [2.45, 2.75) is 20.8 Å². The summed E-state index contributed by atoms with van der Waals surface area (Å²) in [5.41, 5.74) is 2.41. The first kappa shape index (κ1) is 19.6. The number of aromatic nitrogens is 1. The number of methoxy groups -OCH3 is 1. The van der Waals surface area contributed by atoms with E-state index in [0.717, 1.165) is 0 Å². The molecule has 0 fully saturated rings.